The van der Waals surface area contributed by atoms with E-state index in [9.17, 15) is 0 Å². The maximum atomic E-state index is 8.69. The Hall–Kier alpha value is -1.49. The molecule has 0 aliphatic carbocycles. The lowest BCUT2D eigenvalue weighted by Crippen LogP contribution is -2.02. The third-order valence-electron chi connectivity index (χ3n) is 2.80. The van der Waals surface area contributed by atoms with Crippen LogP contribution in [0.2, 0.25) is 5.02 Å². The average molecular weight is 336 g/mol. The highest BCUT2D eigenvalue weighted by atomic mass is 35.5. The van der Waals surface area contributed by atoms with Crippen LogP contribution in [0.3, 0.4) is 0 Å². The molecular formula is C17H18ClNO2S. The molecule has 0 heterocycles. The number of nitrogens with zero attached hydrogens (tertiary/aromatic N) is 1. The summed E-state index contributed by atoms with van der Waals surface area (Å²) in [5, 5.41) is 9.24. The maximum absolute atomic E-state index is 8.69. The lowest BCUT2D eigenvalue weighted by atomic mass is 10.2. The van der Waals surface area contributed by atoms with Crippen molar-refractivity contribution in [1.29, 1.82) is 0 Å². The predicted octanol–water partition coefficient (Wildman–Crippen LogP) is 4.19. The number of aliphatic imine (C=N–C) groups is 1. The summed E-state index contributed by atoms with van der Waals surface area (Å²) >= 11 is 7.85. The standard InChI is InChI=1S/C17H18ClNO2S/c18-16-12-15(19-13-14-4-2-1-3-5-14)6-7-17(16)21-9-11-22-10-8-20/h1-7,12-13,20H,8-11H2. The van der Waals surface area contributed by atoms with E-state index in [1.807, 2.05) is 42.5 Å². The molecule has 22 heavy (non-hydrogen) atoms. The summed E-state index contributed by atoms with van der Waals surface area (Å²) in [6.07, 6.45) is 1.80. The van der Waals surface area contributed by atoms with Gasteiger partial charge in [-0.25, -0.2) is 0 Å². The van der Waals surface area contributed by atoms with Crippen LogP contribution in [0.4, 0.5) is 5.69 Å². The first-order valence-electron chi connectivity index (χ1n) is 6.99. The molecule has 0 radical (unpaired) electrons. The highest BCUT2D eigenvalue weighted by Crippen LogP contribution is 2.29. The molecule has 0 atom stereocenters. The van der Waals surface area contributed by atoms with E-state index in [1.165, 1.54) is 0 Å². The lowest BCUT2D eigenvalue weighted by Gasteiger charge is -2.08. The fourth-order valence-corrected chi connectivity index (χ4v) is 2.52. The van der Waals surface area contributed by atoms with Crippen LogP contribution in [0.5, 0.6) is 5.75 Å². The summed E-state index contributed by atoms with van der Waals surface area (Å²) in [7, 11) is 0. The van der Waals surface area contributed by atoms with E-state index in [4.69, 9.17) is 21.4 Å². The fraction of sp³-hybridized carbons (Fsp3) is 0.235. The van der Waals surface area contributed by atoms with Crippen molar-refractivity contribution < 1.29 is 9.84 Å². The van der Waals surface area contributed by atoms with Crippen molar-refractivity contribution >= 4 is 35.3 Å². The van der Waals surface area contributed by atoms with E-state index in [0.717, 1.165) is 22.8 Å². The monoisotopic (exact) mass is 335 g/mol. The second-order valence-electron chi connectivity index (χ2n) is 4.47. The molecular weight excluding hydrogens is 318 g/mol. The van der Waals surface area contributed by atoms with Gasteiger partial charge in [-0.3, -0.25) is 4.99 Å². The molecule has 0 aliphatic rings. The van der Waals surface area contributed by atoms with E-state index in [-0.39, 0.29) is 6.61 Å². The Morgan fingerprint density at radius 2 is 1.95 bits per heavy atom. The molecule has 0 spiro atoms. The Kier molecular flexibility index (Phi) is 7.30. The van der Waals surface area contributed by atoms with Gasteiger partial charge in [0.25, 0.3) is 0 Å². The van der Waals surface area contributed by atoms with Gasteiger partial charge < -0.3 is 9.84 Å². The lowest BCUT2D eigenvalue weighted by molar-refractivity contribution is 0.321. The van der Waals surface area contributed by atoms with Crippen LogP contribution in [-0.4, -0.2) is 36.0 Å². The first-order valence-corrected chi connectivity index (χ1v) is 8.53. The summed E-state index contributed by atoms with van der Waals surface area (Å²) in [4.78, 5) is 4.40. The second-order valence-corrected chi connectivity index (χ2v) is 6.10. The number of benzene rings is 2. The van der Waals surface area contributed by atoms with E-state index >= 15 is 0 Å². The number of hydrogen-bond donors (Lipinski definition) is 1. The molecule has 0 fully saturated rings. The van der Waals surface area contributed by atoms with Crippen LogP contribution in [0.25, 0.3) is 0 Å². The van der Waals surface area contributed by atoms with Gasteiger partial charge in [-0.1, -0.05) is 41.9 Å². The molecule has 2 aromatic rings. The number of halogens is 1. The number of thioether (sulfide) groups is 1. The fourth-order valence-electron chi connectivity index (χ4n) is 1.75. The van der Waals surface area contributed by atoms with Crippen molar-refractivity contribution in [3.05, 3.63) is 59.1 Å². The number of rotatable bonds is 8. The highest BCUT2D eigenvalue weighted by molar-refractivity contribution is 7.99. The van der Waals surface area contributed by atoms with Crippen LogP contribution >= 0.6 is 23.4 Å². The Bertz CT molecular complexity index is 605. The van der Waals surface area contributed by atoms with Gasteiger partial charge in [0, 0.05) is 17.7 Å². The Labute approximate surface area is 140 Å². The van der Waals surface area contributed by atoms with E-state index < -0.39 is 0 Å². The van der Waals surface area contributed by atoms with Gasteiger partial charge in [0.15, 0.2) is 0 Å². The first kappa shape index (κ1) is 16.9. The van der Waals surface area contributed by atoms with Crippen molar-refractivity contribution in [3.63, 3.8) is 0 Å². The zero-order chi connectivity index (χ0) is 15.6. The van der Waals surface area contributed by atoms with Crippen LogP contribution in [0.1, 0.15) is 5.56 Å². The first-order chi connectivity index (χ1) is 10.8. The zero-order valence-electron chi connectivity index (χ0n) is 12.1. The van der Waals surface area contributed by atoms with Crippen LogP contribution in [-0.2, 0) is 0 Å². The summed E-state index contributed by atoms with van der Waals surface area (Å²) in [5.41, 5.74) is 1.83. The number of aliphatic hydroxyl groups excluding tert-OH is 1. The van der Waals surface area contributed by atoms with Crippen molar-refractivity contribution in [3.8, 4) is 5.75 Å². The number of ether oxygens (including phenoxy) is 1. The predicted molar refractivity (Wildman–Crippen MR) is 95.1 cm³/mol. The molecule has 2 aromatic carbocycles. The maximum Gasteiger partial charge on any atom is 0.138 e. The third kappa shape index (κ3) is 5.72. The summed E-state index contributed by atoms with van der Waals surface area (Å²) in [5.74, 6) is 2.21. The van der Waals surface area contributed by atoms with E-state index in [1.54, 1.807) is 24.0 Å². The van der Waals surface area contributed by atoms with Crippen molar-refractivity contribution in [2.24, 2.45) is 4.99 Å². The van der Waals surface area contributed by atoms with Gasteiger partial charge in [-0.2, -0.15) is 11.8 Å². The Morgan fingerprint density at radius 3 is 2.68 bits per heavy atom. The van der Waals surface area contributed by atoms with Crippen LogP contribution < -0.4 is 4.74 Å². The normalized spacial score (nSPS) is 11.0. The second kappa shape index (κ2) is 9.51. The molecule has 2 rings (SSSR count). The smallest absolute Gasteiger partial charge is 0.138 e. The quantitative estimate of drug-likeness (QED) is 0.581. The summed E-state index contributed by atoms with van der Waals surface area (Å²) < 4.78 is 5.61. The minimum atomic E-state index is 0.194. The van der Waals surface area contributed by atoms with Gasteiger partial charge >= 0.3 is 0 Å². The highest BCUT2D eigenvalue weighted by Gasteiger charge is 2.02. The molecule has 5 heteroatoms. The molecule has 0 amide bonds. The molecule has 116 valence electrons. The number of aliphatic hydroxyl groups is 1. The van der Waals surface area contributed by atoms with Gasteiger partial charge in [0.05, 0.1) is 23.9 Å². The van der Waals surface area contributed by atoms with Crippen molar-refractivity contribution in [2.45, 2.75) is 0 Å². The van der Waals surface area contributed by atoms with Gasteiger partial charge in [-0.15, -0.1) is 0 Å². The third-order valence-corrected chi connectivity index (χ3v) is 4.02. The SMILES string of the molecule is OCCSCCOc1ccc(N=Cc2ccccc2)cc1Cl. The van der Waals surface area contributed by atoms with Crippen molar-refractivity contribution in [2.75, 3.05) is 24.7 Å². The summed E-state index contributed by atoms with van der Waals surface area (Å²) in [6, 6.07) is 15.4. The average Bonchev–Trinajstić information content (AvgIpc) is 2.55. The molecule has 0 bridgehead atoms. The molecule has 0 saturated carbocycles. The topological polar surface area (TPSA) is 41.8 Å². The van der Waals surface area contributed by atoms with Crippen LogP contribution in [0.15, 0.2) is 53.5 Å². The summed E-state index contributed by atoms with van der Waals surface area (Å²) in [6.45, 7) is 0.760. The molecule has 0 saturated heterocycles. The Morgan fingerprint density at radius 1 is 1.14 bits per heavy atom. The largest absolute Gasteiger partial charge is 0.491 e. The molecule has 1 N–H and O–H groups in total. The van der Waals surface area contributed by atoms with E-state index in [2.05, 4.69) is 4.99 Å². The number of hydrogen-bond acceptors (Lipinski definition) is 4. The van der Waals surface area contributed by atoms with Gasteiger partial charge in [-0.05, 0) is 23.8 Å². The van der Waals surface area contributed by atoms with Crippen molar-refractivity contribution in [1.82, 2.24) is 0 Å². The zero-order valence-corrected chi connectivity index (χ0v) is 13.7. The van der Waals surface area contributed by atoms with Gasteiger partial charge in [0.2, 0.25) is 0 Å². The minimum Gasteiger partial charge on any atom is -0.491 e. The van der Waals surface area contributed by atoms with Gasteiger partial charge in [0.1, 0.15) is 5.75 Å². The Balaban J connectivity index is 1.90. The molecule has 0 aromatic heterocycles. The van der Waals surface area contributed by atoms with Crippen LogP contribution in [0, 0.1) is 0 Å². The molecule has 0 unspecified atom stereocenters. The molecule has 0 aliphatic heterocycles. The van der Waals surface area contributed by atoms with E-state index in [0.29, 0.717) is 17.4 Å². The molecule has 3 nitrogen and oxygen atoms in total. The minimum absolute atomic E-state index is 0.194.